The van der Waals surface area contributed by atoms with E-state index in [2.05, 4.69) is 25.6 Å². The molecule has 2 aliphatic rings. The number of carbonyl (C=O) groups is 2. The molecule has 0 bridgehead atoms. The number of rotatable bonds is 9. The molecule has 1 saturated carbocycles. The third-order valence-corrected chi connectivity index (χ3v) is 7.24. The minimum Gasteiger partial charge on any atom is -0.356 e. The summed E-state index contributed by atoms with van der Waals surface area (Å²) in [5.74, 6) is 0.871. The number of alkyl halides is 3. The van der Waals surface area contributed by atoms with Crippen LogP contribution in [0.2, 0.25) is 0 Å². The SMILES string of the molecule is CC(CNC1CCN(c2cccc3nc(NC(=O)C4CC4)nn23)CC1)C(=O)Cc1cccc(C(F)(F)F)c1. The van der Waals surface area contributed by atoms with Crippen molar-refractivity contribution < 1.29 is 22.8 Å². The predicted molar refractivity (Wildman–Crippen MR) is 137 cm³/mol. The van der Waals surface area contributed by atoms with E-state index in [0.717, 1.165) is 56.7 Å². The van der Waals surface area contributed by atoms with Gasteiger partial charge in [-0.25, -0.2) is 0 Å². The van der Waals surface area contributed by atoms with Crippen LogP contribution in [0.4, 0.5) is 24.9 Å². The third kappa shape index (κ3) is 6.15. The number of Topliss-reactive ketones (excluding diaryl/α,β-unsaturated/α-hetero) is 1. The summed E-state index contributed by atoms with van der Waals surface area (Å²) in [4.78, 5) is 31.4. The highest BCUT2D eigenvalue weighted by atomic mass is 19.4. The van der Waals surface area contributed by atoms with Gasteiger partial charge in [0.25, 0.3) is 0 Å². The number of carbonyl (C=O) groups excluding carboxylic acids is 2. The highest BCUT2D eigenvalue weighted by molar-refractivity contribution is 5.92. The number of pyridine rings is 1. The largest absolute Gasteiger partial charge is 0.416 e. The lowest BCUT2D eigenvalue weighted by Crippen LogP contribution is -2.45. The van der Waals surface area contributed by atoms with Gasteiger partial charge in [0.2, 0.25) is 11.9 Å². The van der Waals surface area contributed by atoms with Gasteiger partial charge in [0.05, 0.1) is 5.56 Å². The quantitative estimate of drug-likeness (QED) is 0.435. The predicted octanol–water partition coefficient (Wildman–Crippen LogP) is 4.10. The first-order valence-corrected chi connectivity index (χ1v) is 13.0. The Morgan fingerprint density at radius 3 is 2.53 bits per heavy atom. The molecule has 202 valence electrons. The van der Waals surface area contributed by atoms with Gasteiger partial charge < -0.3 is 10.2 Å². The Labute approximate surface area is 218 Å². The molecule has 3 aromatic rings. The van der Waals surface area contributed by atoms with E-state index in [1.807, 2.05) is 25.1 Å². The van der Waals surface area contributed by atoms with Gasteiger partial charge in [0.1, 0.15) is 11.6 Å². The summed E-state index contributed by atoms with van der Waals surface area (Å²) < 4.78 is 40.6. The first-order chi connectivity index (χ1) is 18.2. The number of anilines is 2. The maximum absolute atomic E-state index is 13.0. The number of aromatic nitrogens is 3. The molecule has 2 aromatic heterocycles. The Balaban J connectivity index is 1.12. The molecule has 11 heteroatoms. The average molecular weight is 529 g/mol. The molecule has 1 unspecified atom stereocenters. The van der Waals surface area contributed by atoms with Crippen molar-refractivity contribution in [2.45, 2.75) is 51.2 Å². The molecule has 5 rings (SSSR count). The van der Waals surface area contributed by atoms with E-state index < -0.39 is 11.7 Å². The number of nitrogens with one attached hydrogen (secondary N) is 2. The van der Waals surface area contributed by atoms with Gasteiger partial charge in [-0.05, 0) is 49.4 Å². The van der Waals surface area contributed by atoms with Gasteiger partial charge in [0, 0.05) is 43.9 Å². The molecule has 1 atom stereocenters. The van der Waals surface area contributed by atoms with Crippen molar-refractivity contribution in [2.75, 3.05) is 29.9 Å². The van der Waals surface area contributed by atoms with Crippen molar-refractivity contribution in [1.29, 1.82) is 0 Å². The Kier molecular flexibility index (Phi) is 7.38. The zero-order valence-corrected chi connectivity index (χ0v) is 21.2. The molecule has 1 saturated heterocycles. The monoisotopic (exact) mass is 528 g/mol. The van der Waals surface area contributed by atoms with Crippen molar-refractivity contribution in [2.24, 2.45) is 11.8 Å². The van der Waals surface area contributed by atoms with E-state index in [9.17, 15) is 22.8 Å². The molecule has 1 aliphatic carbocycles. The van der Waals surface area contributed by atoms with Gasteiger partial charge >= 0.3 is 6.18 Å². The van der Waals surface area contributed by atoms with Crippen LogP contribution < -0.4 is 15.5 Å². The number of hydrogen-bond donors (Lipinski definition) is 2. The van der Waals surface area contributed by atoms with Crippen LogP contribution in [-0.4, -0.2) is 52.0 Å². The highest BCUT2D eigenvalue weighted by Gasteiger charge is 2.31. The van der Waals surface area contributed by atoms with Crippen molar-refractivity contribution >= 4 is 29.1 Å². The lowest BCUT2D eigenvalue weighted by atomic mass is 9.97. The number of piperidine rings is 1. The highest BCUT2D eigenvalue weighted by Crippen LogP contribution is 2.31. The van der Waals surface area contributed by atoms with Crippen LogP contribution in [0.15, 0.2) is 42.5 Å². The lowest BCUT2D eigenvalue weighted by molar-refractivity contribution is -0.137. The van der Waals surface area contributed by atoms with Crippen LogP contribution in [0, 0.1) is 11.8 Å². The summed E-state index contributed by atoms with van der Waals surface area (Å²) in [5, 5.41) is 10.8. The molecule has 1 amide bonds. The van der Waals surface area contributed by atoms with Crippen LogP contribution in [0.1, 0.15) is 43.7 Å². The maximum Gasteiger partial charge on any atom is 0.416 e. The second-order valence-corrected chi connectivity index (χ2v) is 10.3. The number of ketones is 1. The number of hydrogen-bond acceptors (Lipinski definition) is 6. The van der Waals surface area contributed by atoms with Gasteiger partial charge in [0.15, 0.2) is 5.65 Å². The zero-order valence-electron chi connectivity index (χ0n) is 21.2. The summed E-state index contributed by atoms with van der Waals surface area (Å²) in [6, 6.07) is 11.0. The fourth-order valence-corrected chi connectivity index (χ4v) is 4.74. The molecule has 1 aromatic carbocycles. The van der Waals surface area contributed by atoms with E-state index >= 15 is 0 Å². The summed E-state index contributed by atoms with van der Waals surface area (Å²) in [7, 11) is 0. The smallest absolute Gasteiger partial charge is 0.356 e. The summed E-state index contributed by atoms with van der Waals surface area (Å²) >= 11 is 0. The summed E-state index contributed by atoms with van der Waals surface area (Å²) in [6.45, 7) is 3.86. The summed E-state index contributed by atoms with van der Waals surface area (Å²) in [5.41, 5.74) is 0.311. The van der Waals surface area contributed by atoms with Crippen LogP contribution in [-0.2, 0) is 22.2 Å². The van der Waals surface area contributed by atoms with Gasteiger partial charge in [-0.15, -0.1) is 5.10 Å². The number of amides is 1. The topological polar surface area (TPSA) is 91.6 Å². The Morgan fingerprint density at radius 2 is 1.82 bits per heavy atom. The number of halogens is 3. The third-order valence-electron chi connectivity index (χ3n) is 7.24. The van der Waals surface area contributed by atoms with E-state index in [1.165, 1.54) is 6.07 Å². The second kappa shape index (κ2) is 10.7. The molecule has 2 N–H and O–H groups in total. The van der Waals surface area contributed by atoms with Crippen molar-refractivity contribution in [1.82, 2.24) is 19.9 Å². The fraction of sp³-hybridized carbons (Fsp3) is 0.481. The molecule has 1 aliphatic heterocycles. The van der Waals surface area contributed by atoms with Crippen LogP contribution >= 0.6 is 0 Å². The minimum absolute atomic E-state index is 0.0176. The number of fused-ring (bicyclic) bond motifs is 1. The molecule has 0 radical (unpaired) electrons. The number of nitrogens with zero attached hydrogens (tertiary/aromatic N) is 4. The minimum atomic E-state index is -4.42. The van der Waals surface area contributed by atoms with E-state index in [-0.39, 0.29) is 36.0 Å². The Hall–Kier alpha value is -3.47. The van der Waals surface area contributed by atoms with E-state index in [4.69, 9.17) is 0 Å². The Bertz CT molecular complexity index is 1310. The van der Waals surface area contributed by atoms with Gasteiger partial charge in [-0.2, -0.15) is 22.7 Å². The lowest BCUT2D eigenvalue weighted by Gasteiger charge is -2.34. The maximum atomic E-state index is 13.0. The first kappa shape index (κ1) is 26.1. The normalized spacial score (nSPS) is 17.5. The standard InChI is InChI=1S/C27H31F3N6O2/c1-17(22(37)15-18-4-2-5-20(14-18)27(28,29)30)16-31-21-10-12-35(13-11-21)24-7-3-6-23-32-26(34-36(23)24)33-25(38)19-8-9-19/h2-7,14,17,19,21,31H,8-13,15-16H2,1H3,(H,33,34,38). The zero-order chi connectivity index (χ0) is 26.9. The van der Waals surface area contributed by atoms with Crippen LogP contribution in [0.5, 0.6) is 0 Å². The van der Waals surface area contributed by atoms with Crippen LogP contribution in [0.25, 0.3) is 5.65 Å². The summed E-state index contributed by atoms with van der Waals surface area (Å²) in [6.07, 6.45) is -0.882. The molecule has 0 spiro atoms. The Morgan fingerprint density at radius 1 is 1.08 bits per heavy atom. The first-order valence-electron chi connectivity index (χ1n) is 13.0. The molecule has 38 heavy (non-hydrogen) atoms. The van der Waals surface area contributed by atoms with Gasteiger partial charge in [-0.3, -0.25) is 14.9 Å². The average Bonchev–Trinajstić information content (AvgIpc) is 3.67. The van der Waals surface area contributed by atoms with Gasteiger partial charge in [-0.1, -0.05) is 31.2 Å². The molecular weight excluding hydrogens is 497 g/mol. The van der Waals surface area contributed by atoms with Crippen molar-refractivity contribution in [3.8, 4) is 0 Å². The van der Waals surface area contributed by atoms with Crippen LogP contribution in [0.3, 0.4) is 0 Å². The molecule has 3 heterocycles. The fourth-order valence-electron chi connectivity index (χ4n) is 4.74. The molecular formula is C27H31F3N6O2. The molecule has 2 fully saturated rings. The van der Waals surface area contributed by atoms with E-state index in [1.54, 1.807) is 10.6 Å². The molecule has 8 nitrogen and oxygen atoms in total. The second-order valence-electron chi connectivity index (χ2n) is 10.3. The van der Waals surface area contributed by atoms with Crippen molar-refractivity contribution in [3.05, 3.63) is 53.6 Å². The van der Waals surface area contributed by atoms with Crippen molar-refractivity contribution in [3.63, 3.8) is 0 Å². The number of benzene rings is 1. The van der Waals surface area contributed by atoms with E-state index in [0.29, 0.717) is 23.7 Å².